The number of fused-ring (bicyclic) bond motifs is 4. The van der Waals surface area contributed by atoms with E-state index in [4.69, 9.17) is 20.9 Å². The van der Waals surface area contributed by atoms with Gasteiger partial charge in [0.05, 0.1) is 22.1 Å². The molecule has 3 saturated carbocycles. The molecule has 8 nitrogen and oxygen atoms in total. The second-order valence-electron chi connectivity index (χ2n) is 9.05. The second-order valence-corrected chi connectivity index (χ2v) is 9.46. The van der Waals surface area contributed by atoms with Gasteiger partial charge in [0.1, 0.15) is 17.1 Å². The van der Waals surface area contributed by atoms with Gasteiger partial charge in [0, 0.05) is 11.6 Å². The normalized spacial score (nSPS) is 25.8. The molecule has 10 heteroatoms. The third kappa shape index (κ3) is 4.10. The highest BCUT2D eigenvalue weighted by Crippen LogP contribution is 2.47. The Morgan fingerprint density at radius 2 is 1.94 bits per heavy atom. The molecule has 3 fully saturated rings. The van der Waals surface area contributed by atoms with Crippen LogP contribution in [0.5, 0.6) is 5.75 Å². The topological polar surface area (TPSA) is 114 Å². The molecule has 1 heterocycles. The summed E-state index contributed by atoms with van der Waals surface area (Å²) in [7, 11) is 0. The molecule has 0 saturated heterocycles. The van der Waals surface area contributed by atoms with E-state index >= 15 is 0 Å². The van der Waals surface area contributed by atoms with Crippen molar-refractivity contribution in [1.29, 1.82) is 0 Å². The Morgan fingerprint density at radius 3 is 2.68 bits per heavy atom. The number of aromatic nitrogens is 1. The molecule has 1 unspecified atom stereocenters. The highest BCUT2D eigenvalue weighted by molar-refractivity contribution is 6.30. The van der Waals surface area contributed by atoms with E-state index in [-0.39, 0.29) is 29.0 Å². The number of rotatable bonds is 6. The molecule has 1 atom stereocenters. The van der Waals surface area contributed by atoms with Gasteiger partial charge in [-0.1, -0.05) is 28.9 Å². The predicted octanol–water partition coefficient (Wildman–Crippen LogP) is 3.36. The number of carbonyl (C=O) groups excluding carboxylic acids is 2. The van der Waals surface area contributed by atoms with Crippen molar-refractivity contribution in [3.05, 3.63) is 59.1 Å². The summed E-state index contributed by atoms with van der Waals surface area (Å²) >= 11 is 5.66. The zero-order valence-electron chi connectivity index (χ0n) is 18.1. The lowest BCUT2D eigenvalue weighted by atomic mass is 9.60. The number of aliphatic hydroxyl groups excluding tert-OH is 1. The van der Waals surface area contributed by atoms with E-state index < -0.39 is 28.9 Å². The molecule has 34 heavy (non-hydrogen) atoms. The number of hydrogen-bond acceptors (Lipinski definition) is 6. The van der Waals surface area contributed by atoms with Crippen LogP contribution in [0.15, 0.2) is 47.0 Å². The number of benzene rings is 2. The van der Waals surface area contributed by atoms with E-state index in [1.54, 1.807) is 12.1 Å². The predicted molar refractivity (Wildman–Crippen MR) is 121 cm³/mol. The second kappa shape index (κ2) is 8.56. The molecule has 178 valence electrons. The van der Waals surface area contributed by atoms with Crippen molar-refractivity contribution in [2.45, 2.75) is 49.3 Å². The molecule has 1 aromatic heterocycles. The highest BCUT2D eigenvalue weighted by atomic mass is 35.5. The number of nitrogens with zero attached hydrogens (tertiary/aromatic N) is 1. The van der Waals surface area contributed by atoms with Crippen molar-refractivity contribution in [2.24, 2.45) is 0 Å². The van der Waals surface area contributed by atoms with Crippen molar-refractivity contribution in [3.63, 3.8) is 0 Å². The third-order valence-corrected chi connectivity index (χ3v) is 7.25. The molecule has 0 radical (unpaired) electrons. The van der Waals surface area contributed by atoms with Gasteiger partial charge in [-0.25, -0.2) is 4.39 Å². The highest BCUT2D eigenvalue weighted by Gasteiger charge is 2.55. The first-order chi connectivity index (χ1) is 16.3. The molecule has 0 spiro atoms. The van der Waals surface area contributed by atoms with Crippen molar-refractivity contribution >= 4 is 34.3 Å². The largest absolute Gasteiger partial charge is 0.484 e. The van der Waals surface area contributed by atoms with Crippen LogP contribution in [0.3, 0.4) is 0 Å². The lowest BCUT2D eigenvalue weighted by Crippen LogP contribution is -2.70. The Morgan fingerprint density at radius 1 is 1.18 bits per heavy atom. The van der Waals surface area contributed by atoms with Crippen LogP contribution in [0.25, 0.3) is 10.9 Å². The Bertz CT molecular complexity index is 1250. The molecule has 2 aromatic carbocycles. The van der Waals surface area contributed by atoms with Crippen LogP contribution in [0, 0.1) is 5.82 Å². The maximum Gasteiger partial charge on any atom is 0.290 e. The molecule has 3 aromatic rings. The van der Waals surface area contributed by atoms with E-state index in [1.165, 1.54) is 12.1 Å². The van der Waals surface area contributed by atoms with Gasteiger partial charge >= 0.3 is 0 Å². The van der Waals surface area contributed by atoms with Crippen LogP contribution in [0.1, 0.15) is 42.7 Å². The van der Waals surface area contributed by atoms with E-state index in [1.807, 2.05) is 12.1 Å². The minimum Gasteiger partial charge on any atom is -0.484 e. The number of carbonyl (C=O) groups is 2. The number of halogens is 2. The Hall–Kier alpha value is -3.17. The summed E-state index contributed by atoms with van der Waals surface area (Å²) in [6.45, 7) is -0.323. The SMILES string of the molecule is O=C(COc1ccc(Cl)c(F)c1)NC12CCC(NC(=O)c3onc4ccccc34)(CC1)CC2O. The minimum atomic E-state index is -0.848. The quantitative estimate of drug-likeness (QED) is 0.491. The number of hydrogen-bond donors (Lipinski definition) is 3. The third-order valence-electron chi connectivity index (χ3n) is 6.94. The smallest absolute Gasteiger partial charge is 0.290 e. The fourth-order valence-corrected chi connectivity index (χ4v) is 5.16. The Balaban J connectivity index is 1.21. The van der Waals surface area contributed by atoms with Crippen molar-refractivity contribution in [2.75, 3.05) is 6.61 Å². The summed E-state index contributed by atoms with van der Waals surface area (Å²) in [5, 5.41) is 21.4. The molecule has 0 aliphatic heterocycles. The Labute approximate surface area is 199 Å². The van der Waals surface area contributed by atoms with E-state index in [2.05, 4.69) is 15.8 Å². The van der Waals surface area contributed by atoms with Gasteiger partial charge in [0.15, 0.2) is 6.61 Å². The zero-order valence-corrected chi connectivity index (χ0v) is 18.9. The summed E-state index contributed by atoms with van der Waals surface area (Å²) in [5.41, 5.74) is -0.784. The summed E-state index contributed by atoms with van der Waals surface area (Å²) in [6.07, 6.45) is 1.61. The molecule has 3 N–H and O–H groups in total. The van der Waals surface area contributed by atoms with Gasteiger partial charge < -0.3 is 25.0 Å². The average molecular weight is 488 g/mol. The average Bonchev–Trinajstić information content (AvgIpc) is 3.25. The fraction of sp³-hybridized carbons (Fsp3) is 0.375. The van der Waals surface area contributed by atoms with E-state index in [0.717, 1.165) is 6.07 Å². The maximum absolute atomic E-state index is 13.6. The van der Waals surface area contributed by atoms with Gasteiger partial charge in [0.2, 0.25) is 5.76 Å². The molecule has 2 amide bonds. The number of nitrogens with one attached hydrogen (secondary N) is 2. The van der Waals surface area contributed by atoms with Gasteiger partial charge in [-0.05, 0) is 56.4 Å². The lowest BCUT2D eigenvalue weighted by Gasteiger charge is -2.56. The molecular weight excluding hydrogens is 465 g/mol. The van der Waals surface area contributed by atoms with Crippen LogP contribution in [0.4, 0.5) is 4.39 Å². The number of aliphatic hydroxyl groups is 1. The van der Waals surface area contributed by atoms with Crippen LogP contribution in [-0.4, -0.2) is 45.9 Å². The standard InChI is InChI=1S/C24H23ClFN3O5/c25-16-6-5-14(11-17(16)26)33-13-20(31)27-24-9-7-23(8-10-24,12-19(24)30)28-22(32)21-15-3-1-2-4-18(15)29-34-21/h1-6,11,19,30H,7-10,12-13H2,(H,27,31)(H,28,32). The number of ether oxygens (including phenoxy) is 1. The van der Waals surface area contributed by atoms with E-state index in [9.17, 15) is 19.1 Å². The zero-order chi connectivity index (χ0) is 23.9. The van der Waals surface area contributed by atoms with Crippen molar-refractivity contribution < 1.29 is 28.3 Å². The van der Waals surface area contributed by atoms with E-state index in [0.29, 0.717) is 43.0 Å². The van der Waals surface area contributed by atoms with Gasteiger partial charge in [-0.3, -0.25) is 9.59 Å². The minimum absolute atomic E-state index is 0.0321. The van der Waals surface area contributed by atoms with Crippen LogP contribution >= 0.6 is 11.6 Å². The fourth-order valence-electron chi connectivity index (χ4n) is 5.04. The monoisotopic (exact) mass is 487 g/mol. The number of amides is 2. The van der Waals surface area contributed by atoms with Crippen molar-refractivity contribution in [3.8, 4) is 5.75 Å². The molecule has 3 aliphatic carbocycles. The maximum atomic E-state index is 13.6. The molecule has 6 rings (SSSR count). The first-order valence-corrected chi connectivity index (χ1v) is 11.4. The van der Waals surface area contributed by atoms with Gasteiger partial charge in [0.25, 0.3) is 11.8 Å². The van der Waals surface area contributed by atoms with Gasteiger partial charge in [-0.2, -0.15) is 0 Å². The van der Waals surface area contributed by atoms with Crippen LogP contribution < -0.4 is 15.4 Å². The first-order valence-electron chi connectivity index (χ1n) is 11.0. The van der Waals surface area contributed by atoms with Crippen molar-refractivity contribution in [1.82, 2.24) is 15.8 Å². The summed E-state index contributed by atoms with van der Waals surface area (Å²) in [4.78, 5) is 25.5. The van der Waals surface area contributed by atoms with Gasteiger partial charge in [-0.15, -0.1) is 0 Å². The summed E-state index contributed by atoms with van der Waals surface area (Å²) in [6, 6.07) is 11.1. The molecule has 3 aliphatic rings. The first kappa shape index (κ1) is 22.6. The van der Waals surface area contributed by atoms with Crippen LogP contribution in [-0.2, 0) is 4.79 Å². The molecular formula is C24H23ClFN3O5. The Kier molecular flexibility index (Phi) is 5.69. The summed E-state index contributed by atoms with van der Waals surface area (Å²) in [5.74, 6) is -1.09. The summed E-state index contributed by atoms with van der Waals surface area (Å²) < 4.78 is 24.2. The van der Waals surface area contributed by atoms with Crippen LogP contribution in [0.2, 0.25) is 5.02 Å². The lowest BCUT2D eigenvalue weighted by molar-refractivity contribution is -0.132. The molecule has 2 bridgehead atoms.